The smallest absolute Gasteiger partial charge is 0.254 e. The number of benzene rings is 2. The van der Waals surface area contributed by atoms with Crippen LogP contribution in [0.1, 0.15) is 28.8 Å². The number of hydrogen-bond acceptors (Lipinski definition) is 1. The van der Waals surface area contributed by atoms with Crippen LogP contribution in [0.25, 0.3) is 11.1 Å². The van der Waals surface area contributed by atoms with Crippen LogP contribution in [0.3, 0.4) is 0 Å². The molecule has 0 saturated heterocycles. The largest absolute Gasteiger partial charge is 0.338 e. The van der Waals surface area contributed by atoms with Gasteiger partial charge in [-0.25, -0.2) is 0 Å². The summed E-state index contributed by atoms with van der Waals surface area (Å²) in [5, 5.41) is 0. The molecule has 0 bridgehead atoms. The van der Waals surface area contributed by atoms with E-state index in [1.165, 1.54) is 29.5 Å². The van der Waals surface area contributed by atoms with Crippen molar-refractivity contribution in [3.63, 3.8) is 0 Å². The van der Waals surface area contributed by atoms with Gasteiger partial charge in [-0.3, -0.25) is 4.79 Å². The van der Waals surface area contributed by atoms with Crippen LogP contribution < -0.4 is 0 Å². The minimum atomic E-state index is 0.225. The fraction of sp³-hybridized carbons (Fsp3) is 0.316. The highest BCUT2D eigenvalue weighted by atomic mass is 16.2. The molecule has 1 amide bonds. The predicted octanol–water partition coefficient (Wildman–Crippen LogP) is 3.76. The van der Waals surface area contributed by atoms with Gasteiger partial charge in [0, 0.05) is 18.7 Å². The third kappa shape index (κ3) is 2.46. The first-order chi connectivity index (χ1) is 10.3. The Bertz CT molecular complexity index is 673. The Morgan fingerprint density at radius 3 is 2.57 bits per heavy atom. The third-order valence-corrected chi connectivity index (χ3v) is 4.56. The van der Waals surface area contributed by atoms with Gasteiger partial charge in [0.1, 0.15) is 0 Å². The Balaban J connectivity index is 1.63. The molecule has 0 spiro atoms. The monoisotopic (exact) mass is 277 g/mol. The van der Waals surface area contributed by atoms with Crippen LogP contribution in [0.5, 0.6) is 0 Å². The van der Waals surface area contributed by atoms with Gasteiger partial charge < -0.3 is 4.90 Å². The standard InChI is InChI=1S/C19H19NO/c21-19-18-9-8-16(15-4-2-1-3-5-15)12-17(18)10-11-20(19)13-14-6-7-14/h1-5,8-9,12,14H,6-7,10-11,13H2. The molecule has 2 nitrogen and oxygen atoms in total. The number of amides is 1. The van der Waals surface area contributed by atoms with E-state index in [1.54, 1.807) is 0 Å². The van der Waals surface area contributed by atoms with E-state index in [-0.39, 0.29) is 5.91 Å². The van der Waals surface area contributed by atoms with E-state index in [9.17, 15) is 4.79 Å². The minimum absolute atomic E-state index is 0.225. The van der Waals surface area contributed by atoms with Crippen LogP contribution in [0, 0.1) is 5.92 Å². The molecule has 1 aliphatic carbocycles. The highest BCUT2D eigenvalue weighted by Gasteiger charge is 2.30. The zero-order chi connectivity index (χ0) is 14.2. The van der Waals surface area contributed by atoms with Gasteiger partial charge >= 0.3 is 0 Å². The predicted molar refractivity (Wildman–Crippen MR) is 84.2 cm³/mol. The maximum Gasteiger partial charge on any atom is 0.254 e. The van der Waals surface area contributed by atoms with E-state index in [0.717, 1.165) is 31.0 Å². The fourth-order valence-corrected chi connectivity index (χ4v) is 3.13. The van der Waals surface area contributed by atoms with Gasteiger partial charge in [0.15, 0.2) is 0 Å². The van der Waals surface area contributed by atoms with Crippen LogP contribution in [-0.4, -0.2) is 23.9 Å². The Hall–Kier alpha value is -2.09. The minimum Gasteiger partial charge on any atom is -0.338 e. The topological polar surface area (TPSA) is 20.3 Å². The van der Waals surface area contributed by atoms with Crippen LogP contribution in [0.15, 0.2) is 48.5 Å². The molecular weight excluding hydrogens is 258 g/mol. The molecule has 106 valence electrons. The lowest BCUT2D eigenvalue weighted by Gasteiger charge is -2.29. The van der Waals surface area contributed by atoms with Crippen molar-refractivity contribution in [1.29, 1.82) is 0 Å². The summed E-state index contributed by atoms with van der Waals surface area (Å²) in [7, 11) is 0. The molecule has 1 fully saturated rings. The highest BCUT2D eigenvalue weighted by Crippen LogP contribution is 2.32. The van der Waals surface area contributed by atoms with Crippen molar-refractivity contribution in [2.75, 3.05) is 13.1 Å². The maximum absolute atomic E-state index is 12.6. The summed E-state index contributed by atoms with van der Waals surface area (Å²) in [6.07, 6.45) is 3.57. The fourth-order valence-electron chi connectivity index (χ4n) is 3.13. The van der Waals surface area contributed by atoms with Crippen molar-refractivity contribution in [3.8, 4) is 11.1 Å². The summed E-state index contributed by atoms with van der Waals surface area (Å²) < 4.78 is 0. The summed E-state index contributed by atoms with van der Waals surface area (Å²) in [5.41, 5.74) is 4.53. The molecule has 2 aromatic rings. The number of carbonyl (C=O) groups excluding carboxylic acids is 1. The molecule has 0 unspecified atom stereocenters. The molecule has 2 heteroatoms. The molecule has 21 heavy (non-hydrogen) atoms. The Morgan fingerprint density at radius 2 is 1.81 bits per heavy atom. The van der Waals surface area contributed by atoms with Crippen LogP contribution in [0.4, 0.5) is 0 Å². The van der Waals surface area contributed by atoms with Gasteiger partial charge in [-0.05, 0) is 47.9 Å². The van der Waals surface area contributed by atoms with Crippen molar-refractivity contribution in [2.24, 2.45) is 5.92 Å². The van der Waals surface area contributed by atoms with E-state index in [4.69, 9.17) is 0 Å². The maximum atomic E-state index is 12.6. The van der Waals surface area contributed by atoms with Crippen molar-refractivity contribution in [3.05, 3.63) is 59.7 Å². The number of rotatable bonds is 3. The lowest BCUT2D eigenvalue weighted by Crippen LogP contribution is -2.38. The normalized spacial score (nSPS) is 17.7. The molecule has 0 aromatic heterocycles. The van der Waals surface area contributed by atoms with Crippen LogP contribution in [0.2, 0.25) is 0 Å². The van der Waals surface area contributed by atoms with Gasteiger partial charge in [-0.1, -0.05) is 42.5 Å². The van der Waals surface area contributed by atoms with Gasteiger partial charge in [0.2, 0.25) is 0 Å². The SMILES string of the molecule is O=C1c2ccc(-c3ccccc3)cc2CCN1CC1CC1. The zero-order valence-electron chi connectivity index (χ0n) is 12.1. The first-order valence-corrected chi connectivity index (χ1v) is 7.79. The average Bonchev–Trinajstić information content (AvgIpc) is 3.35. The Kier molecular flexibility index (Phi) is 3.03. The molecule has 1 heterocycles. The summed E-state index contributed by atoms with van der Waals surface area (Å²) in [6.45, 7) is 1.83. The van der Waals surface area contributed by atoms with Gasteiger partial charge in [0.25, 0.3) is 5.91 Å². The first kappa shape index (κ1) is 12.6. The van der Waals surface area contributed by atoms with Crippen molar-refractivity contribution >= 4 is 5.91 Å². The van der Waals surface area contributed by atoms with Gasteiger partial charge in [0.05, 0.1) is 0 Å². The van der Waals surface area contributed by atoms with Crippen molar-refractivity contribution in [1.82, 2.24) is 4.90 Å². The molecule has 4 rings (SSSR count). The Labute approximate surface area is 125 Å². The molecular formula is C19H19NO. The van der Waals surface area contributed by atoms with Crippen molar-refractivity contribution < 1.29 is 4.79 Å². The average molecular weight is 277 g/mol. The van der Waals surface area contributed by atoms with Gasteiger partial charge in [-0.15, -0.1) is 0 Å². The summed E-state index contributed by atoms with van der Waals surface area (Å²) in [4.78, 5) is 14.6. The quantitative estimate of drug-likeness (QED) is 0.836. The van der Waals surface area contributed by atoms with Crippen molar-refractivity contribution in [2.45, 2.75) is 19.3 Å². The Morgan fingerprint density at radius 1 is 1.00 bits per heavy atom. The molecule has 2 aliphatic rings. The number of nitrogens with zero attached hydrogens (tertiary/aromatic N) is 1. The first-order valence-electron chi connectivity index (χ1n) is 7.79. The second-order valence-corrected chi connectivity index (χ2v) is 6.18. The highest BCUT2D eigenvalue weighted by molar-refractivity contribution is 5.97. The molecule has 0 N–H and O–H groups in total. The number of hydrogen-bond donors (Lipinski definition) is 0. The molecule has 2 aromatic carbocycles. The number of fused-ring (bicyclic) bond motifs is 1. The summed E-state index contributed by atoms with van der Waals surface area (Å²) >= 11 is 0. The van der Waals surface area contributed by atoms with Gasteiger partial charge in [-0.2, -0.15) is 0 Å². The second-order valence-electron chi connectivity index (χ2n) is 6.18. The van der Waals surface area contributed by atoms with E-state index in [0.29, 0.717) is 0 Å². The second kappa shape index (κ2) is 5.03. The number of carbonyl (C=O) groups is 1. The molecule has 1 aliphatic heterocycles. The lowest BCUT2D eigenvalue weighted by molar-refractivity contribution is 0.0732. The molecule has 0 radical (unpaired) electrons. The summed E-state index contributed by atoms with van der Waals surface area (Å²) in [5.74, 6) is 0.988. The third-order valence-electron chi connectivity index (χ3n) is 4.56. The van der Waals surface area contributed by atoms with E-state index >= 15 is 0 Å². The molecule has 0 atom stereocenters. The molecule has 1 saturated carbocycles. The summed E-state index contributed by atoms with van der Waals surface area (Å²) in [6, 6.07) is 16.6. The van der Waals surface area contributed by atoms with E-state index < -0.39 is 0 Å². The van der Waals surface area contributed by atoms with E-state index in [1.807, 2.05) is 17.0 Å². The lowest BCUT2D eigenvalue weighted by atomic mass is 9.94. The van der Waals surface area contributed by atoms with Crippen LogP contribution >= 0.6 is 0 Å². The van der Waals surface area contributed by atoms with E-state index in [2.05, 4.69) is 36.4 Å². The zero-order valence-corrected chi connectivity index (χ0v) is 12.1. The van der Waals surface area contributed by atoms with Crippen LogP contribution in [-0.2, 0) is 6.42 Å².